The number of hydrogen-bond acceptors (Lipinski definition) is 10. The third-order valence-corrected chi connectivity index (χ3v) is 10.6. The van der Waals surface area contributed by atoms with E-state index in [1.807, 2.05) is 69.2 Å². The standard InChI is InChI=1S/C19H41N6O5P.C19H40N6O3/c1-12(2)16(24-13(3)4)18(27)25-15(8-7-9-22-19(20)28)17(26)21-10-11-23-31(29,30)14(5)6;1-12(2)16(24-14(5)6)18(27)25-15(8-7-9-23-19(20)28)17(26)22-11-10-21-13(3)4/h12-16,24H,7-11H2,1-6H3,(H,21,26)(H,25,27)(H3,20,22,28)(H2,23,29,30);12-16,21,24H,7-11H2,1-6H3,(H,22,26)(H,25,27)(H3,20,23,28)/t2*15-,16-/m00/s1. The molecule has 0 aliphatic heterocycles. The summed E-state index contributed by atoms with van der Waals surface area (Å²) in [5.74, 6) is -1.03. The van der Waals surface area contributed by atoms with Crippen molar-refractivity contribution in [2.75, 3.05) is 39.3 Å². The highest BCUT2D eigenvalue weighted by Gasteiger charge is 2.29. The lowest BCUT2D eigenvalue weighted by molar-refractivity contribution is -0.130. The lowest BCUT2D eigenvalue weighted by Gasteiger charge is -2.27. The second-order valence-electron chi connectivity index (χ2n) is 16.4. The molecule has 0 spiro atoms. The van der Waals surface area contributed by atoms with Gasteiger partial charge < -0.3 is 64.2 Å². The van der Waals surface area contributed by atoms with Gasteiger partial charge in [-0.15, -0.1) is 0 Å². The smallest absolute Gasteiger partial charge is 0.312 e. The molecule has 0 bridgehead atoms. The van der Waals surface area contributed by atoms with E-state index in [0.717, 1.165) is 0 Å². The van der Waals surface area contributed by atoms with Gasteiger partial charge in [-0.25, -0.2) is 14.7 Å². The number of primary amides is 2. The largest absolute Gasteiger partial charge is 0.353 e. The Morgan fingerprint density at radius 2 is 0.881 bits per heavy atom. The summed E-state index contributed by atoms with van der Waals surface area (Å²) in [6, 6.07) is -3.03. The Morgan fingerprint density at radius 1 is 0.508 bits per heavy atom. The van der Waals surface area contributed by atoms with E-state index in [-0.39, 0.29) is 67.3 Å². The Balaban J connectivity index is 0. The monoisotopic (exact) mass is 865 g/mol. The first-order valence-electron chi connectivity index (χ1n) is 20.9. The van der Waals surface area contributed by atoms with Crippen LogP contribution in [0.3, 0.4) is 0 Å². The average Bonchev–Trinajstić information content (AvgIpc) is 3.11. The normalized spacial score (nSPS) is 14.5. The Labute approximate surface area is 353 Å². The van der Waals surface area contributed by atoms with E-state index >= 15 is 0 Å². The van der Waals surface area contributed by atoms with Crippen LogP contribution in [0.5, 0.6) is 0 Å². The topological polar surface area (TPSA) is 312 Å². The van der Waals surface area contributed by atoms with E-state index in [0.29, 0.717) is 51.4 Å². The van der Waals surface area contributed by atoms with Crippen molar-refractivity contribution in [3.05, 3.63) is 0 Å². The lowest BCUT2D eigenvalue weighted by atomic mass is 10.0. The van der Waals surface area contributed by atoms with Crippen molar-refractivity contribution >= 4 is 43.2 Å². The fourth-order valence-corrected chi connectivity index (χ4v) is 6.13. The second kappa shape index (κ2) is 31.3. The van der Waals surface area contributed by atoms with Gasteiger partial charge >= 0.3 is 12.1 Å². The van der Waals surface area contributed by atoms with Gasteiger partial charge in [0.1, 0.15) is 12.1 Å². The first kappa shape index (κ1) is 57.5. The number of nitrogens with one attached hydrogen (secondary N) is 10. The number of rotatable bonds is 29. The fraction of sp³-hybridized carbons (Fsp3) is 0.842. The van der Waals surface area contributed by atoms with Gasteiger partial charge in [0.25, 0.3) is 7.52 Å². The summed E-state index contributed by atoms with van der Waals surface area (Å²) in [4.78, 5) is 82.2. The molecule has 0 radical (unpaired) electrons. The highest BCUT2D eigenvalue weighted by Crippen LogP contribution is 2.40. The van der Waals surface area contributed by atoms with Crippen LogP contribution in [0.15, 0.2) is 0 Å². The quantitative estimate of drug-likeness (QED) is 0.0357. The van der Waals surface area contributed by atoms with Crippen LogP contribution >= 0.6 is 7.52 Å². The molecular weight excluding hydrogens is 783 g/mol. The van der Waals surface area contributed by atoms with Gasteiger partial charge in [-0.2, -0.15) is 0 Å². The molecule has 21 heteroatoms. The molecule has 0 aliphatic rings. The Bertz CT molecular complexity index is 1300. The van der Waals surface area contributed by atoms with Crippen molar-refractivity contribution in [3.63, 3.8) is 0 Å². The van der Waals surface area contributed by atoms with Crippen LogP contribution in [0.25, 0.3) is 0 Å². The number of amides is 8. The molecule has 0 heterocycles. The molecule has 59 heavy (non-hydrogen) atoms. The van der Waals surface area contributed by atoms with E-state index in [1.165, 1.54) is 0 Å². The maximum Gasteiger partial charge on any atom is 0.312 e. The molecule has 0 aromatic heterocycles. The third kappa shape index (κ3) is 29.3. The minimum atomic E-state index is -3.47. The second-order valence-corrected chi connectivity index (χ2v) is 19.0. The van der Waals surface area contributed by atoms with E-state index in [9.17, 15) is 38.2 Å². The average molecular weight is 865 g/mol. The van der Waals surface area contributed by atoms with Crippen LogP contribution in [-0.4, -0.2) is 128 Å². The van der Waals surface area contributed by atoms with Crippen molar-refractivity contribution in [2.24, 2.45) is 23.3 Å². The van der Waals surface area contributed by atoms with Gasteiger partial charge in [-0.1, -0.05) is 83.1 Å². The van der Waals surface area contributed by atoms with E-state index in [2.05, 4.69) is 52.9 Å². The van der Waals surface area contributed by atoms with Crippen LogP contribution in [-0.2, 0) is 23.7 Å². The zero-order valence-electron chi connectivity index (χ0n) is 37.8. The van der Waals surface area contributed by atoms with E-state index < -0.39 is 49.3 Å². The minimum Gasteiger partial charge on any atom is -0.353 e. The Morgan fingerprint density at radius 3 is 1.19 bits per heavy atom. The molecule has 0 fully saturated rings. The summed E-state index contributed by atoms with van der Waals surface area (Å²) in [6.07, 6.45) is 1.66. The van der Waals surface area contributed by atoms with Crippen LogP contribution < -0.4 is 64.4 Å². The molecule has 0 saturated heterocycles. The van der Waals surface area contributed by atoms with Crippen molar-refractivity contribution in [3.8, 4) is 0 Å². The van der Waals surface area contributed by atoms with E-state index in [4.69, 9.17) is 11.5 Å². The predicted octanol–water partition coefficient (Wildman–Crippen LogP) is 0.298. The summed E-state index contributed by atoms with van der Waals surface area (Å²) in [5, 5.41) is 28.3. The van der Waals surface area contributed by atoms with Crippen molar-refractivity contribution in [1.29, 1.82) is 0 Å². The maximum atomic E-state index is 12.8. The number of hydrogen-bond donors (Lipinski definition) is 13. The predicted molar refractivity (Wildman–Crippen MR) is 233 cm³/mol. The van der Waals surface area contributed by atoms with Crippen molar-refractivity contribution in [1.82, 2.24) is 52.9 Å². The van der Waals surface area contributed by atoms with Gasteiger partial charge in [0.15, 0.2) is 0 Å². The molecule has 8 amide bonds. The first-order valence-corrected chi connectivity index (χ1v) is 22.6. The molecule has 0 rings (SSSR count). The number of carbonyl (C=O) groups excluding carboxylic acids is 6. The Hall–Kier alpha value is -3.55. The third-order valence-electron chi connectivity index (χ3n) is 8.57. The molecule has 0 aromatic rings. The summed E-state index contributed by atoms with van der Waals surface area (Å²) in [5.41, 5.74) is 9.67. The van der Waals surface area contributed by atoms with Crippen LogP contribution in [0.1, 0.15) is 109 Å². The SMILES string of the molecule is CC(C)NCCNC(=O)[C@H](CCCNC(N)=O)NC(=O)[C@@H](NC(C)C)C(C)C.CC(C)N[C@H](C(=O)N[C@@H](CCCNC(N)=O)C(=O)NCCNP(=O)(O)C(C)C)C(C)C. The summed E-state index contributed by atoms with van der Waals surface area (Å²) >= 11 is 0. The molecule has 346 valence electrons. The number of nitrogens with two attached hydrogens (primary N) is 2. The fourth-order valence-electron chi connectivity index (χ4n) is 5.33. The van der Waals surface area contributed by atoms with Gasteiger partial charge in [-0.3, -0.25) is 23.7 Å². The molecule has 0 aliphatic carbocycles. The van der Waals surface area contributed by atoms with Crippen molar-refractivity contribution in [2.45, 2.75) is 157 Å². The number of urea groups is 2. The zero-order valence-corrected chi connectivity index (χ0v) is 38.6. The molecular formula is C38H81N12O8P. The molecule has 5 atom stereocenters. The van der Waals surface area contributed by atoms with Crippen LogP contribution in [0.4, 0.5) is 9.59 Å². The number of carbonyl (C=O) groups is 6. The lowest BCUT2D eigenvalue weighted by Crippen LogP contribution is -2.55. The molecule has 1 unspecified atom stereocenters. The van der Waals surface area contributed by atoms with Crippen molar-refractivity contribution < 1.29 is 38.2 Å². The maximum absolute atomic E-state index is 12.8. The highest BCUT2D eigenvalue weighted by molar-refractivity contribution is 7.56. The van der Waals surface area contributed by atoms with Crippen LogP contribution in [0, 0.1) is 11.8 Å². The molecule has 0 saturated carbocycles. The highest BCUT2D eigenvalue weighted by atomic mass is 31.2. The summed E-state index contributed by atoms with van der Waals surface area (Å²) < 4.78 is 11.9. The summed E-state index contributed by atoms with van der Waals surface area (Å²) in [6.45, 7) is 24.9. The molecule has 20 nitrogen and oxygen atoms in total. The van der Waals surface area contributed by atoms with Gasteiger partial charge in [0.05, 0.1) is 12.1 Å². The van der Waals surface area contributed by atoms with Crippen LogP contribution in [0.2, 0.25) is 0 Å². The zero-order chi connectivity index (χ0) is 45.9. The molecule has 15 N–H and O–H groups in total. The first-order chi connectivity index (χ1) is 27.3. The van der Waals surface area contributed by atoms with Gasteiger partial charge in [0, 0.05) is 63.1 Å². The van der Waals surface area contributed by atoms with Gasteiger partial charge in [0.2, 0.25) is 23.6 Å². The van der Waals surface area contributed by atoms with Gasteiger partial charge in [-0.05, 0) is 37.5 Å². The van der Waals surface area contributed by atoms with E-state index in [1.54, 1.807) is 13.8 Å². The molecule has 0 aromatic carbocycles. The Kier molecular flexibility index (Phi) is 30.6. The minimum absolute atomic E-state index is 0.0153. The summed E-state index contributed by atoms with van der Waals surface area (Å²) in [7, 11) is -3.47.